The highest BCUT2D eigenvalue weighted by Crippen LogP contribution is 2.37. The topological polar surface area (TPSA) is 101 Å². The zero-order chi connectivity index (χ0) is 24.9. The standard InChI is InChI=1S/C25H21F3N6O/c1-33-22-18-11-16(4-7-20(18)32-23(30)19(22)13-31-33)24(35)34-9-8-14(12-29)10-21(34)15-2-5-17(6-3-15)25(26,27)28/h2-7,11,13-14,21H,8-10H2,1H3,(H2,30,32). The predicted molar refractivity (Wildman–Crippen MR) is 124 cm³/mol. The molecule has 2 unspecified atom stereocenters. The Morgan fingerprint density at radius 3 is 2.60 bits per heavy atom. The number of alkyl halides is 3. The second-order valence-corrected chi connectivity index (χ2v) is 8.74. The monoisotopic (exact) mass is 478 g/mol. The minimum Gasteiger partial charge on any atom is -0.383 e. The quantitative estimate of drug-likeness (QED) is 0.444. The Labute approximate surface area is 198 Å². The van der Waals surface area contributed by atoms with Crippen LogP contribution in [0.5, 0.6) is 0 Å². The Morgan fingerprint density at radius 1 is 1.17 bits per heavy atom. The fourth-order valence-corrected chi connectivity index (χ4v) is 4.79. The normalized spacial score (nSPS) is 18.7. The Balaban J connectivity index is 1.54. The summed E-state index contributed by atoms with van der Waals surface area (Å²) in [6, 6.07) is 11.7. The third-order valence-electron chi connectivity index (χ3n) is 6.62. The number of aryl methyl sites for hydroxylation is 1. The van der Waals surface area contributed by atoms with Gasteiger partial charge < -0.3 is 10.6 Å². The van der Waals surface area contributed by atoms with E-state index in [-0.39, 0.29) is 11.8 Å². The van der Waals surface area contributed by atoms with Crippen LogP contribution < -0.4 is 5.73 Å². The van der Waals surface area contributed by atoms with Gasteiger partial charge in [0.25, 0.3) is 5.91 Å². The van der Waals surface area contributed by atoms with Crippen molar-refractivity contribution in [3.8, 4) is 6.07 Å². The number of aromatic nitrogens is 3. The van der Waals surface area contributed by atoms with Gasteiger partial charge in [0.2, 0.25) is 0 Å². The largest absolute Gasteiger partial charge is 0.416 e. The lowest BCUT2D eigenvalue weighted by Crippen LogP contribution is -2.41. The van der Waals surface area contributed by atoms with Crippen LogP contribution in [0, 0.1) is 17.2 Å². The number of rotatable bonds is 2. The lowest BCUT2D eigenvalue weighted by atomic mass is 9.87. The van der Waals surface area contributed by atoms with Gasteiger partial charge in [0.15, 0.2) is 0 Å². The van der Waals surface area contributed by atoms with Crippen LogP contribution in [-0.4, -0.2) is 32.1 Å². The molecule has 1 amide bonds. The maximum absolute atomic E-state index is 13.7. The summed E-state index contributed by atoms with van der Waals surface area (Å²) in [5.74, 6) is -0.204. The summed E-state index contributed by atoms with van der Waals surface area (Å²) in [4.78, 5) is 19.7. The minimum atomic E-state index is -4.45. The first-order chi connectivity index (χ1) is 16.7. The van der Waals surface area contributed by atoms with Crippen molar-refractivity contribution < 1.29 is 18.0 Å². The molecule has 0 aliphatic carbocycles. The minimum absolute atomic E-state index is 0.264. The average molecular weight is 478 g/mol. The predicted octanol–water partition coefficient (Wildman–Crippen LogP) is 4.84. The smallest absolute Gasteiger partial charge is 0.383 e. The van der Waals surface area contributed by atoms with E-state index in [9.17, 15) is 23.2 Å². The maximum atomic E-state index is 13.7. The number of carbonyl (C=O) groups is 1. The van der Waals surface area contributed by atoms with Gasteiger partial charge in [-0.3, -0.25) is 9.48 Å². The van der Waals surface area contributed by atoms with Crippen molar-refractivity contribution >= 4 is 33.5 Å². The Hall–Kier alpha value is -4.13. The fraction of sp³-hybridized carbons (Fsp3) is 0.280. The number of benzene rings is 2. The number of pyridine rings is 1. The highest BCUT2D eigenvalue weighted by molar-refractivity contribution is 6.10. The molecule has 0 radical (unpaired) electrons. The third kappa shape index (κ3) is 3.93. The van der Waals surface area contributed by atoms with E-state index >= 15 is 0 Å². The number of likely N-dealkylation sites (tertiary alicyclic amines) is 1. The van der Waals surface area contributed by atoms with Gasteiger partial charge in [0, 0.05) is 24.5 Å². The molecule has 10 heteroatoms. The van der Waals surface area contributed by atoms with Gasteiger partial charge >= 0.3 is 6.18 Å². The molecule has 1 saturated heterocycles. The van der Waals surface area contributed by atoms with E-state index in [0.717, 1.165) is 23.0 Å². The van der Waals surface area contributed by atoms with Crippen LogP contribution in [0.25, 0.3) is 21.8 Å². The summed E-state index contributed by atoms with van der Waals surface area (Å²) < 4.78 is 40.8. The van der Waals surface area contributed by atoms with Crippen LogP contribution in [0.3, 0.4) is 0 Å². The molecule has 1 fully saturated rings. The first kappa shape index (κ1) is 22.7. The molecule has 7 nitrogen and oxygen atoms in total. The van der Waals surface area contributed by atoms with Crippen molar-refractivity contribution in [2.75, 3.05) is 12.3 Å². The Bertz CT molecular complexity index is 1490. The van der Waals surface area contributed by atoms with E-state index in [1.807, 2.05) is 0 Å². The summed E-state index contributed by atoms with van der Waals surface area (Å²) >= 11 is 0. The van der Waals surface area contributed by atoms with Crippen LogP contribution in [0.1, 0.15) is 40.4 Å². The van der Waals surface area contributed by atoms with Crippen LogP contribution >= 0.6 is 0 Å². The number of fused-ring (bicyclic) bond motifs is 3. The van der Waals surface area contributed by atoms with Crippen LogP contribution in [-0.2, 0) is 13.2 Å². The number of halogens is 3. The molecule has 2 N–H and O–H groups in total. The van der Waals surface area contributed by atoms with Gasteiger partial charge in [-0.1, -0.05) is 12.1 Å². The van der Waals surface area contributed by atoms with E-state index in [2.05, 4.69) is 16.2 Å². The van der Waals surface area contributed by atoms with Crippen molar-refractivity contribution in [2.45, 2.75) is 25.1 Å². The summed E-state index contributed by atoms with van der Waals surface area (Å²) in [5, 5.41) is 15.1. The molecule has 178 valence electrons. The maximum Gasteiger partial charge on any atom is 0.416 e. The van der Waals surface area contributed by atoms with Gasteiger partial charge in [-0.2, -0.15) is 23.5 Å². The second-order valence-electron chi connectivity index (χ2n) is 8.74. The molecule has 35 heavy (non-hydrogen) atoms. The number of anilines is 1. The van der Waals surface area contributed by atoms with Crippen molar-refractivity contribution in [3.05, 3.63) is 65.4 Å². The van der Waals surface area contributed by atoms with Gasteiger partial charge in [0.1, 0.15) is 5.82 Å². The van der Waals surface area contributed by atoms with E-state index in [1.165, 1.54) is 12.1 Å². The molecule has 2 atom stereocenters. The average Bonchev–Trinajstić information content (AvgIpc) is 3.25. The number of hydrogen-bond acceptors (Lipinski definition) is 5. The van der Waals surface area contributed by atoms with Crippen LogP contribution in [0.15, 0.2) is 48.7 Å². The van der Waals surface area contributed by atoms with E-state index in [0.29, 0.717) is 47.2 Å². The molecule has 2 aromatic carbocycles. The third-order valence-corrected chi connectivity index (χ3v) is 6.62. The number of piperidine rings is 1. The first-order valence-electron chi connectivity index (χ1n) is 11.1. The molecule has 0 saturated carbocycles. The van der Waals surface area contributed by atoms with Gasteiger partial charge in [-0.25, -0.2) is 4.98 Å². The molecule has 1 aliphatic rings. The molecule has 0 bridgehead atoms. The number of nitrogens with two attached hydrogens (primary N) is 1. The number of amides is 1. The summed E-state index contributed by atoms with van der Waals surface area (Å²) in [7, 11) is 1.78. The molecule has 0 spiro atoms. The molecule has 4 aromatic rings. The fourth-order valence-electron chi connectivity index (χ4n) is 4.79. The summed E-state index contributed by atoms with van der Waals surface area (Å²) in [6.45, 7) is 0.321. The van der Waals surface area contributed by atoms with Gasteiger partial charge in [-0.05, 0) is 48.7 Å². The molecule has 2 aromatic heterocycles. The van der Waals surface area contributed by atoms with Gasteiger partial charge in [0.05, 0.1) is 46.2 Å². The lowest BCUT2D eigenvalue weighted by Gasteiger charge is -2.38. The molecule has 3 heterocycles. The van der Waals surface area contributed by atoms with Crippen molar-refractivity contribution in [1.29, 1.82) is 5.26 Å². The number of nitriles is 1. The van der Waals surface area contributed by atoms with E-state index in [4.69, 9.17) is 5.73 Å². The Morgan fingerprint density at radius 2 is 1.91 bits per heavy atom. The number of nitrogen functional groups attached to an aromatic ring is 1. The Kier molecular flexibility index (Phi) is 5.35. The molecular weight excluding hydrogens is 457 g/mol. The van der Waals surface area contributed by atoms with Crippen molar-refractivity contribution in [2.24, 2.45) is 13.0 Å². The summed E-state index contributed by atoms with van der Waals surface area (Å²) in [6.07, 6.45) is -1.98. The summed E-state index contributed by atoms with van der Waals surface area (Å²) in [5.41, 5.74) is 7.66. The first-order valence-corrected chi connectivity index (χ1v) is 11.1. The lowest BCUT2D eigenvalue weighted by molar-refractivity contribution is -0.137. The van der Waals surface area contributed by atoms with Crippen LogP contribution in [0.2, 0.25) is 0 Å². The number of nitrogens with zero attached hydrogens (tertiary/aromatic N) is 5. The van der Waals surface area contributed by atoms with Crippen molar-refractivity contribution in [3.63, 3.8) is 0 Å². The highest BCUT2D eigenvalue weighted by atomic mass is 19.4. The molecule has 1 aliphatic heterocycles. The highest BCUT2D eigenvalue weighted by Gasteiger charge is 2.35. The van der Waals surface area contributed by atoms with Gasteiger partial charge in [-0.15, -0.1) is 0 Å². The zero-order valence-corrected chi connectivity index (χ0v) is 18.8. The second kappa shape index (κ2) is 8.27. The van der Waals surface area contributed by atoms with E-state index in [1.54, 1.807) is 41.0 Å². The zero-order valence-electron chi connectivity index (χ0n) is 18.8. The van der Waals surface area contributed by atoms with Crippen LogP contribution in [0.4, 0.5) is 19.0 Å². The SMILES string of the molecule is Cn1ncc2c(N)nc3ccc(C(=O)N4CCC(C#N)CC4c4ccc(C(F)(F)F)cc4)cc3c21. The molecular formula is C25H21F3N6O. The molecule has 5 rings (SSSR count). The van der Waals surface area contributed by atoms with Crippen molar-refractivity contribution in [1.82, 2.24) is 19.7 Å². The van der Waals surface area contributed by atoms with E-state index < -0.39 is 17.8 Å². The number of hydrogen-bond donors (Lipinski definition) is 1. The number of carbonyl (C=O) groups excluding carboxylic acids is 1.